The van der Waals surface area contributed by atoms with E-state index in [1.54, 1.807) is 20.9 Å². The normalized spacial score (nSPS) is 10.8. The second kappa shape index (κ2) is 5.79. The largest absolute Gasteiger partial charge is 0.392 e. The lowest BCUT2D eigenvalue weighted by Gasteiger charge is -2.22. The number of likely N-dealkylation sites (N-methyl/N-ethyl adjacent to an activating group) is 1. The predicted octanol–water partition coefficient (Wildman–Crippen LogP) is -0.107. The molecule has 0 spiro atoms. The van der Waals surface area contributed by atoms with Gasteiger partial charge in [0.15, 0.2) is 0 Å². The number of amides is 2. The lowest BCUT2D eigenvalue weighted by Crippen LogP contribution is -2.47. The molecule has 0 aliphatic rings. The van der Waals surface area contributed by atoms with Gasteiger partial charge in [0.05, 0.1) is 16.9 Å². The number of hydrogen-bond donors (Lipinski definition) is 2. The first-order valence-electron chi connectivity index (χ1n) is 5.05. The standard InChI is InChI=1S/C10H19N3O2S/c1-5-13(4)7(14)6-12-9(15)10(2,3)8(11)16/h5-6H2,1-4H3,(H2,11,16)(H,12,15). The highest BCUT2D eigenvalue weighted by molar-refractivity contribution is 7.80. The highest BCUT2D eigenvalue weighted by Crippen LogP contribution is 2.14. The van der Waals surface area contributed by atoms with Gasteiger partial charge in [-0.1, -0.05) is 12.2 Å². The number of hydrogen-bond acceptors (Lipinski definition) is 3. The number of thiocarbonyl (C=S) groups is 1. The van der Waals surface area contributed by atoms with E-state index in [0.717, 1.165) is 0 Å². The minimum absolute atomic E-state index is 0.0325. The maximum Gasteiger partial charge on any atom is 0.241 e. The van der Waals surface area contributed by atoms with Gasteiger partial charge in [-0.25, -0.2) is 0 Å². The van der Waals surface area contributed by atoms with Crippen molar-refractivity contribution in [3.05, 3.63) is 0 Å². The Labute approximate surface area is 101 Å². The van der Waals surface area contributed by atoms with Crippen LogP contribution in [-0.2, 0) is 9.59 Å². The van der Waals surface area contributed by atoms with E-state index in [1.807, 2.05) is 6.92 Å². The molecule has 2 amide bonds. The van der Waals surface area contributed by atoms with Crippen LogP contribution >= 0.6 is 12.2 Å². The second-order valence-corrected chi connectivity index (χ2v) is 4.52. The summed E-state index contributed by atoms with van der Waals surface area (Å²) in [4.78, 5) is 24.7. The molecule has 92 valence electrons. The van der Waals surface area contributed by atoms with Gasteiger partial charge >= 0.3 is 0 Å². The molecule has 3 N–H and O–H groups in total. The van der Waals surface area contributed by atoms with Gasteiger partial charge in [0.25, 0.3) is 0 Å². The summed E-state index contributed by atoms with van der Waals surface area (Å²) in [6.07, 6.45) is 0. The topological polar surface area (TPSA) is 75.4 Å². The zero-order chi connectivity index (χ0) is 12.9. The monoisotopic (exact) mass is 245 g/mol. The predicted molar refractivity (Wildman–Crippen MR) is 66.9 cm³/mol. The fraction of sp³-hybridized carbons (Fsp3) is 0.700. The smallest absolute Gasteiger partial charge is 0.241 e. The van der Waals surface area contributed by atoms with E-state index in [-0.39, 0.29) is 23.3 Å². The van der Waals surface area contributed by atoms with Crippen molar-refractivity contribution in [2.75, 3.05) is 20.1 Å². The maximum absolute atomic E-state index is 11.7. The van der Waals surface area contributed by atoms with E-state index in [9.17, 15) is 9.59 Å². The first-order chi connectivity index (χ1) is 7.23. The molecule has 0 fully saturated rings. The van der Waals surface area contributed by atoms with Crippen LogP contribution in [0.15, 0.2) is 0 Å². The molecule has 0 saturated carbocycles. The summed E-state index contributed by atoms with van der Waals surface area (Å²) in [5, 5.41) is 2.52. The molecule has 0 unspecified atom stereocenters. The molecule has 0 aliphatic carbocycles. The third-order valence-electron chi connectivity index (χ3n) is 2.48. The second-order valence-electron chi connectivity index (χ2n) is 4.08. The van der Waals surface area contributed by atoms with Crippen molar-refractivity contribution in [1.29, 1.82) is 0 Å². The minimum Gasteiger partial charge on any atom is -0.392 e. The number of nitrogens with zero attached hydrogens (tertiary/aromatic N) is 1. The first kappa shape index (κ1) is 14.8. The van der Waals surface area contributed by atoms with Gasteiger partial charge < -0.3 is 16.0 Å². The molecule has 0 radical (unpaired) electrons. The fourth-order valence-corrected chi connectivity index (χ4v) is 0.893. The number of nitrogens with two attached hydrogens (primary N) is 1. The molecule has 0 aromatic rings. The SMILES string of the molecule is CCN(C)C(=O)CNC(=O)C(C)(C)C(N)=S. The molecular formula is C10H19N3O2S. The molecule has 0 aliphatic heterocycles. The Bertz CT molecular complexity index is 302. The molecule has 0 heterocycles. The van der Waals surface area contributed by atoms with E-state index < -0.39 is 5.41 Å². The van der Waals surface area contributed by atoms with Crippen LogP contribution in [-0.4, -0.2) is 41.8 Å². The number of nitrogens with one attached hydrogen (secondary N) is 1. The summed E-state index contributed by atoms with van der Waals surface area (Å²) in [5.74, 6) is -0.479. The number of rotatable bonds is 5. The van der Waals surface area contributed by atoms with E-state index in [0.29, 0.717) is 6.54 Å². The van der Waals surface area contributed by atoms with Crippen molar-refractivity contribution in [2.45, 2.75) is 20.8 Å². The van der Waals surface area contributed by atoms with E-state index in [4.69, 9.17) is 18.0 Å². The Balaban J connectivity index is 4.29. The third-order valence-corrected chi connectivity index (χ3v) is 2.99. The Hall–Kier alpha value is -1.17. The molecule has 16 heavy (non-hydrogen) atoms. The summed E-state index contributed by atoms with van der Waals surface area (Å²) < 4.78 is 0. The van der Waals surface area contributed by atoms with E-state index in [1.165, 1.54) is 4.90 Å². The highest BCUT2D eigenvalue weighted by atomic mass is 32.1. The van der Waals surface area contributed by atoms with Crippen LogP contribution in [0.3, 0.4) is 0 Å². The van der Waals surface area contributed by atoms with Crippen LogP contribution in [0.1, 0.15) is 20.8 Å². The highest BCUT2D eigenvalue weighted by Gasteiger charge is 2.30. The Morgan fingerprint density at radius 2 is 1.94 bits per heavy atom. The summed E-state index contributed by atoms with van der Waals surface area (Å²) in [5.41, 5.74) is 4.51. The summed E-state index contributed by atoms with van der Waals surface area (Å²) in [6, 6.07) is 0. The van der Waals surface area contributed by atoms with Crippen molar-refractivity contribution < 1.29 is 9.59 Å². The van der Waals surface area contributed by atoms with Crippen LogP contribution in [0.2, 0.25) is 0 Å². The van der Waals surface area contributed by atoms with Crippen molar-refractivity contribution in [1.82, 2.24) is 10.2 Å². The van der Waals surface area contributed by atoms with Gasteiger partial charge in [0, 0.05) is 13.6 Å². The van der Waals surface area contributed by atoms with Gasteiger partial charge in [-0.3, -0.25) is 9.59 Å². The van der Waals surface area contributed by atoms with Gasteiger partial charge in [-0.15, -0.1) is 0 Å². The number of carbonyl (C=O) groups excluding carboxylic acids is 2. The molecule has 6 heteroatoms. The van der Waals surface area contributed by atoms with Gasteiger partial charge in [0.2, 0.25) is 11.8 Å². The Morgan fingerprint density at radius 3 is 2.31 bits per heavy atom. The van der Waals surface area contributed by atoms with Crippen LogP contribution < -0.4 is 11.1 Å². The third kappa shape index (κ3) is 3.77. The van der Waals surface area contributed by atoms with Crippen molar-refractivity contribution in [3.63, 3.8) is 0 Å². The Morgan fingerprint density at radius 1 is 1.44 bits per heavy atom. The van der Waals surface area contributed by atoms with E-state index in [2.05, 4.69) is 5.32 Å². The van der Waals surface area contributed by atoms with Crippen LogP contribution in [0.25, 0.3) is 0 Å². The molecule has 5 nitrogen and oxygen atoms in total. The molecule has 0 bridgehead atoms. The van der Waals surface area contributed by atoms with E-state index >= 15 is 0 Å². The molecular weight excluding hydrogens is 226 g/mol. The molecule has 0 saturated heterocycles. The van der Waals surface area contributed by atoms with Crippen LogP contribution in [0.5, 0.6) is 0 Å². The van der Waals surface area contributed by atoms with Crippen molar-refractivity contribution >= 4 is 29.0 Å². The number of carbonyl (C=O) groups is 2. The summed E-state index contributed by atoms with van der Waals surface area (Å²) in [6.45, 7) is 5.68. The quantitative estimate of drug-likeness (QED) is 0.663. The average Bonchev–Trinajstić information content (AvgIpc) is 2.23. The summed E-state index contributed by atoms with van der Waals surface area (Å²) >= 11 is 4.78. The lowest BCUT2D eigenvalue weighted by atomic mass is 9.92. The molecule has 0 aromatic carbocycles. The Kier molecular flexibility index (Phi) is 5.37. The van der Waals surface area contributed by atoms with Crippen LogP contribution in [0, 0.1) is 5.41 Å². The molecule has 0 rings (SSSR count). The zero-order valence-corrected chi connectivity index (χ0v) is 11.0. The van der Waals surface area contributed by atoms with Gasteiger partial charge in [-0.05, 0) is 20.8 Å². The van der Waals surface area contributed by atoms with Gasteiger partial charge in [-0.2, -0.15) is 0 Å². The van der Waals surface area contributed by atoms with Gasteiger partial charge in [0.1, 0.15) is 0 Å². The van der Waals surface area contributed by atoms with Crippen molar-refractivity contribution in [3.8, 4) is 0 Å². The maximum atomic E-state index is 11.7. The lowest BCUT2D eigenvalue weighted by molar-refractivity contribution is -0.133. The fourth-order valence-electron chi connectivity index (χ4n) is 0.800. The summed E-state index contributed by atoms with van der Waals surface area (Å²) in [7, 11) is 1.67. The first-order valence-corrected chi connectivity index (χ1v) is 5.46. The minimum atomic E-state index is -0.930. The molecule has 0 aromatic heterocycles. The van der Waals surface area contributed by atoms with Crippen molar-refractivity contribution in [2.24, 2.45) is 11.1 Å². The average molecular weight is 245 g/mol. The zero-order valence-electron chi connectivity index (χ0n) is 10.2. The molecule has 0 atom stereocenters. The van der Waals surface area contributed by atoms with Crippen LogP contribution in [0.4, 0.5) is 0 Å².